The molecule has 1 N–H and O–H groups in total. The van der Waals surface area contributed by atoms with Crippen LogP contribution >= 0.6 is 0 Å². The zero-order chi connectivity index (χ0) is 11.1. The standard InChI is InChI=1S/C10H15N3O2/c1-10(4-5-10)7-6-8(12-15-7)11-9(14)13(2)3/h6H,4-5H2,1-3H3,(H,11,12,14). The van der Waals surface area contributed by atoms with Gasteiger partial charge in [-0.1, -0.05) is 12.1 Å². The quantitative estimate of drug-likeness (QED) is 0.808. The lowest BCUT2D eigenvalue weighted by Crippen LogP contribution is -2.27. The van der Waals surface area contributed by atoms with Crippen LogP contribution in [0.3, 0.4) is 0 Å². The molecule has 5 nitrogen and oxygen atoms in total. The lowest BCUT2D eigenvalue weighted by atomic mass is 10.1. The Bertz CT molecular complexity index is 380. The first-order chi connectivity index (χ1) is 7.01. The van der Waals surface area contributed by atoms with Gasteiger partial charge in [0.05, 0.1) is 0 Å². The number of carbonyl (C=O) groups is 1. The van der Waals surface area contributed by atoms with E-state index in [1.54, 1.807) is 20.2 Å². The largest absolute Gasteiger partial charge is 0.359 e. The third kappa shape index (κ3) is 1.95. The lowest BCUT2D eigenvalue weighted by molar-refractivity contribution is 0.230. The first kappa shape index (κ1) is 10.0. The van der Waals surface area contributed by atoms with Crippen LogP contribution in [0.25, 0.3) is 0 Å². The normalized spacial score (nSPS) is 17.3. The van der Waals surface area contributed by atoms with Crippen molar-refractivity contribution in [3.8, 4) is 0 Å². The molecular formula is C10H15N3O2. The lowest BCUT2D eigenvalue weighted by Gasteiger charge is -2.08. The average molecular weight is 209 g/mol. The fourth-order valence-corrected chi connectivity index (χ4v) is 1.27. The van der Waals surface area contributed by atoms with E-state index >= 15 is 0 Å². The minimum absolute atomic E-state index is 0.147. The van der Waals surface area contributed by atoms with Crippen LogP contribution in [0.2, 0.25) is 0 Å². The summed E-state index contributed by atoms with van der Waals surface area (Å²) in [4.78, 5) is 12.8. The number of hydrogen-bond acceptors (Lipinski definition) is 3. The van der Waals surface area contributed by atoms with Crippen LogP contribution in [0, 0.1) is 0 Å². The molecule has 0 atom stereocenters. The number of anilines is 1. The molecule has 0 bridgehead atoms. The zero-order valence-electron chi connectivity index (χ0n) is 9.20. The Morgan fingerprint density at radius 1 is 1.60 bits per heavy atom. The molecule has 0 radical (unpaired) electrons. The Morgan fingerprint density at radius 2 is 2.27 bits per heavy atom. The molecule has 1 fully saturated rings. The first-order valence-corrected chi connectivity index (χ1v) is 4.97. The van der Waals surface area contributed by atoms with E-state index in [0.29, 0.717) is 5.82 Å². The number of amides is 2. The number of carbonyl (C=O) groups excluding carboxylic acids is 1. The van der Waals surface area contributed by atoms with Gasteiger partial charge in [0, 0.05) is 25.6 Å². The molecule has 2 rings (SSSR count). The van der Waals surface area contributed by atoms with E-state index in [1.165, 1.54) is 4.90 Å². The number of urea groups is 1. The fraction of sp³-hybridized carbons (Fsp3) is 0.600. The van der Waals surface area contributed by atoms with Gasteiger partial charge in [0.1, 0.15) is 5.76 Å². The average Bonchev–Trinajstić information content (AvgIpc) is 2.76. The molecule has 1 heterocycles. The Kier molecular flexibility index (Phi) is 2.17. The molecule has 2 amide bonds. The van der Waals surface area contributed by atoms with Crippen molar-refractivity contribution in [2.75, 3.05) is 19.4 Å². The van der Waals surface area contributed by atoms with Gasteiger partial charge in [-0.2, -0.15) is 0 Å². The van der Waals surface area contributed by atoms with E-state index in [9.17, 15) is 4.79 Å². The van der Waals surface area contributed by atoms with E-state index in [1.807, 2.05) is 0 Å². The molecule has 1 aromatic heterocycles. The summed E-state index contributed by atoms with van der Waals surface area (Å²) in [6.07, 6.45) is 2.26. The van der Waals surface area contributed by atoms with Crippen LogP contribution in [-0.4, -0.2) is 30.2 Å². The molecular weight excluding hydrogens is 194 g/mol. The third-order valence-corrected chi connectivity index (χ3v) is 2.75. The van der Waals surface area contributed by atoms with Gasteiger partial charge in [-0.25, -0.2) is 4.79 Å². The number of hydrogen-bond donors (Lipinski definition) is 1. The van der Waals surface area contributed by atoms with E-state index in [-0.39, 0.29) is 11.4 Å². The van der Waals surface area contributed by atoms with Crippen molar-refractivity contribution in [1.82, 2.24) is 10.1 Å². The highest BCUT2D eigenvalue weighted by Gasteiger charge is 2.42. The van der Waals surface area contributed by atoms with Gasteiger partial charge in [0.25, 0.3) is 0 Å². The predicted octanol–water partition coefficient (Wildman–Crippen LogP) is 1.82. The highest BCUT2D eigenvalue weighted by atomic mass is 16.5. The van der Waals surface area contributed by atoms with Gasteiger partial charge in [0.2, 0.25) is 0 Å². The van der Waals surface area contributed by atoms with Gasteiger partial charge in [0.15, 0.2) is 5.82 Å². The molecule has 0 aromatic carbocycles. The number of aromatic nitrogens is 1. The second-order valence-electron chi connectivity index (χ2n) is 4.46. The monoisotopic (exact) mass is 209 g/mol. The summed E-state index contributed by atoms with van der Waals surface area (Å²) < 4.78 is 5.19. The van der Waals surface area contributed by atoms with Crippen LogP contribution < -0.4 is 5.32 Å². The van der Waals surface area contributed by atoms with E-state index in [0.717, 1.165) is 18.6 Å². The summed E-state index contributed by atoms with van der Waals surface area (Å²) in [6, 6.07) is 1.60. The number of rotatable bonds is 2. The maximum absolute atomic E-state index is 11.3. The minimum atomic E-state index is -0.198. The fourth-order valence-electron chi connectivity index (χ4n) is 1.27. The molecule has 0 unspecified atom stereocenters. The van der Waals surface area contributed by atoms with Gasteiger partial charge in [-0.3, -0.25) is 5.32 Å². The third-order valence-electron chi connectivity index (χ3n) is 2.75. The molecule has 1 aliphatic carbocycles. The van der Waals surface area contributed by atoms with Crippen LogP contribution in [0.1, 0.15) is 25.5 Å². The molecule has 0 spiro atoms. The van der Waals surface area contributed by atoms with E-state index in [4.69, 9.17) is 4.52 Å². The maximum atomic E-state index is 11.3. The summed E-state index contributed by atoms with van der Waals surface area (Å²) in [6.45, 7) is 2.13. The smallest absolute Gasteiger partial charge is 0.322 e. The Morgan fingerprint density at radius 3 is 2.80 bits per heavy atom. The van der Waals surface area contributed by atoms with Crippen molar-refractivity contribution in [2.24, 2.45) is 0 Å². The van der Waals surface area contributed by atoms with E-state index in [2.05, 4.69) is 17.4 Å². The molecule has 5 heteroatoms. The molecule has 1 aromatic rings. The van der Waals surface area contributed by atoms with Gasteiger partial charge >= 0.3 is 6.03 Å². The van der Waals surface area contributed by atoms with Crippen LogP contribution in [0.5, 0.6) is 0 Å². The topological polar surface area (TPSA) is 58.4 Å². The summed E-state index contributed by atoms with van der Waals surface area (Å²) in [7, 11) is 3.36. The van der Waals surface area contributed by atoms with Crippen molar-refractivity contribution < 1.29 is 9.32 Å². The number of nitrogens with one attached hydrogen (secondary N) is 1. The van der Waals surface area contributed by atoms with Crippen molar-refractivity contribution in [3.63, 3.8) is 0 Å². The molecule has 82 valence electrons. The van der Waals surface area contributed by atoms with Gasteiger partial charge < -0.3 is 9.42 Å². The van der Waals surface area contributed by atoms with Crippen molar-refractivity contribution >= 4 is 11.8 Å². The Hall–Kier alpha value is -1.52. The van der Waals surface area contributed by atoms with Gasteiger partial charge in [-0.15, -0.1) is 0 Å². The highest BCUT2D eigenvalue weighted by Crippen LogP contribution is 2.47. The second-order valence-corrected chi connectivity index (χ2v) is 4.46. The molecule has 0 saturated heterocycles. The van der Waals surface area contributed by atoms with Crippen molar-refractivity contribution in [2.45, 2.75) is 25.2 Å². The summed E-state index contributed by atoms with van der Waals surface area (Å²) in [5, 5.41) is 6.46. The summed E-state index contributed by atoms with van der Waals surface area (Å²) in [5.41, 5.74) is 0.147. The zero-order valence-corrected chi connectivity index (χ0v) is 9.20. The van der Waals surface area contributed by atoms with E-state index < -0.39 is 0 Å². The maximum Gasteiger partial charge on any atom is 0.322 e. The minimum Gasteiger partial charge on any atom is -0.359 e. The molecule has 0 aliphatic heterocycles. The Balaban J connectivity index is 2.04. The number of nitrogens with zero attached hydrogens (tertiary/aromatic N) is 2. The van der Waals surface area contributed by atoms with Crippen molar-refractivity contribution in [1.29, 1.82) is 0 Å². The Labute approximate surface area is 88.4 Å². The van der Waals surface area contributed by atoms with Crippen LogP contribution in [0.4, 0.5) is 10.6 Å². The molecule has 1 saturated carbocycles. The molecule has 15 heavy (non-hydrogen) atoms. The SMILES string of the molecule is CN(C)C(=O)Nc1cc(C2(C)CC2)on1. The highest BCUT2D eigenvalue weighted by molar-refractivity contribution is 5.87. The summed E-state index contributed by atoms with van der Waals surface area (Å²) in [5.74, 6) is 1.34. The van der Waals surface area contributed by atoms with Crippen LogP contribution in [-0.2, 0) is 5.41 Å². The van der Waals surface area contributed by atoms with Gasteiger partial charge in [-0.05, 0) is 12.8 Å². The molecule has 1 aliphatic rings. The predicted molar refractivity (Wildman–Crippen MR) is 55.8 cm³/mol. The first-order valence-electron chi connectivity index (χ1n) is 4.97. The van der Waals surface area contributed by atoms with Crippen LogP contribution in [0.15, 0.2) is 10.6 Å². The summed E-state index contributed by atoms with van der Waals surface area (Å²) >= 11 is 0. The van der Waals surface area contributed by atoms with Crippen molar-refractivity contribution in [3.05, 3.63) is 11.8 Å². The second kappa shape index (κ2) is 3.25.